The average molecular weight is 1100 g/mol. The van der Waals surface area contributed by atoms with Crippen molar-refractivity contribution in [3.63, 3.8) is 0 Å². The zero-order valence-electron chi connectivity index (χ0n) is 51.6. The Morgan fingerprint density at radius 3 is 0.835 bits per heavy atom. The highest BCUT2D eigenvalue weighted by Gasteiger charge is 2.19. The van der Waals surface area contributed by atoms with Crippen LogP contribution in [0.2, 0.25) is 0 Å². The molecule has 0 spiro atoms. The van der Waals surface area contributed by atoms with Crippen LogP contribution in [0, 0.1) is 0 Å². The van der Waals surface area contributed by atoms with Crippen molar-refractivity contribution in [1.29, 1.82) is 0 Å². The van der Waals surface area contributed by atoms with Gasteiger partial charge < -0.3 is 14.2 Å². The van der Waals surface area contributed by atoms with E-state index in [0.717, 1.165) is 103 Å². The molecule has 450 valence electrons. The Morgan fingerprint density at radius 2 is 0.506 bits per heavy atom. The van der Waals surface area contributed by atoms with Gasteiger partial charge in [0.15, 0.2) is 6.10 Å². The maximum Gasteiger partial charge on any atom is 0.306 e. The van der Waals surface area contributed by atoms with Gasteiger partial charge in [0.1, 0.15) is 13.2 Å². The van der Waals surface area contributed by atoms with Gasteiger partial charge >= 0.3 is 17.9 Å². The predicted octanol–water partition coefficient (Wildman–Crippen LogP) is 22.8. The van der Waals surface area contributed by atoms with E-state index in [2.05, 4.69) is 142 Å². The van der Waals surface area contributed by atoms with Gasteiger partial charge in [-0.2, -0.15) is 0 Å². The molecular formula is C73H122O6. The largest absolute Gasteiger partial charge is 0.462 e. The average Bonchev–Trinajstić information content (AvgIpc) is 3.45. The lowest BCUT2D eigenvalue weighted by molar-refractivity contribution is -0.167. The van der Waals surface area contributed by atoms with Crippen molar-refractivity contribution < 1.29 is 28.6 Å². The molecule has 0 aromatic rings. The number of carbonyl (C=O) groups excluding carboxylic acids is 3. The second-order valence-corrected chi connectivity index (χ2v) is 21.6. The molecule has 79 heavy (non-hydrogen) atoms. The Kier molecular flexibility index (Phi) is 62.8. The summed E-state index contributed by atoms with van der Waals surface area (Å²) < 4.78 is 16.8. The highest BCUT2D eigenvalue weighted by atomic mass is 16.6. The van der Waals surface area contributed by atoms with Crippen LogP contribution in [0.1, 0.15) is 303 Å². The van der Waals surface area contributed by atoms with Crippen LogP contribution in [0.3, 0.4) is 0 Å². The molecule has 0 radical (unpaired) electrons. The molecule has 0 bridgehead atoms. The van der Waals surface area contributed by atoms with Gasteiger partial charge in [0.05, 0.1) is 0 Å². The molecule has 0 saturated heterocycles. The van der Waals surface area contributed by atoms with Crippen LogP contribution in [-0.4, -0.2) is 37.2 Å². The molecule has 0 aliphatic rings. The minimum Gasteiger partial charge on any atom is -0.462 e. The summed E-state index contributed by atoms with van der Waals surface area (Å²) in [6, 6.07) is 0. The van der Waals surface area contributed by atoms with Gasteiger partial charge in [-0.15, -0.1) is 0 Å². The van der Waals surface area contributed by atoms with Gasteiger partial charge in [-0.05, 0) is 109 Å². The van der Waals surface area contributed by atoms with Crippen LogP contribution in [-0.2, 0) is 28.6 Å². The van der Waals surface area contributed by atoms with Crippen LogP contribution < -0.4 is 0 Å². The normalized spacial score (nSPS) is 12.9. The monoisotopic (exact) mass is 1090 g/mol. The Bertz CT molecular complexity index is 1640. The van der Waals surface area contributed by atoms with E-state index in [0.29, 0.717) is 19.3 Å². The lowest BCUT2D eigenvalue weighted by atomic mass is 10.0. The highest BCUT2D eigenvalue weighted by Crippen LogP contribution is 2.16. The van der Waals surface area contributed by atoms with E-state index >= 15 is 0 Å². The summed E-state index contributed by atoms with van der Waals surface area (Å²) in [5, 5.41) is 0. The molecule has 6 nitrogen and oxygen atoms in total. The number of ether oxygens (including phenoxy) is 3. The third-order valence-corrected chi connectivity index (χ3v) is 14.0. The number of hydrogen-bond donors (Lipinski definition) is 0. The van der Waals surface area contributed by atoms with Crippen molar-refractivity contribution in [3.8, 4) is 0 Å². The molecule has 0 aromatic heterocycles. The topological polar surface area (TPSA) is 78.9 Å². The van der Waals surface area contributed by atoms with Gasteiger partial charge in [-0.1, -0.05) is 296 Å². The minimum absolute atomic E-state index is 0.0963. The first-order valence-electron chi connectivity index (χ1n) is 33.0. The van der Waals surface area contributed by atoms with E-state index in [1.807, 2.05) is 0 Å². The zero-order valence-corrected chi connectivity index (χ0v) is 51.6. The molecule has 0 aromatic carbocycles. The molecule has 0 aliphatic carbocycles. The fourth-order valence-electron chi connectivity index (χ4n) is 9.03. The van der Waals surface area contributed by atoms with Crippen LogP contribution in [0.4, 0.5) is 0 Å². The van der Waals surface area contributed by atoms with Gasteiger partial charge in [0.2, 0.25) is 0 Å². The van der Waals surface area contributed by atoms with Crippen LogP contribution in [0.25, 0.3) is 0 Å². The first kappa shape index (κ1) is 74.8. The van der Waals surface area contributed by atoms with Gasteiger partial charge in [-0.25, -0.2) is 0 Å². The third-order valence-electron chi connectivity index (χ3n) is 14.0. The summed E-state index contributed by atoms with van der Waals surface area (Å²) >= 11 is 0. The fraction of sp³-hybridized carbons (Fsp3) is 0.685. The van der Waals surface area contributed by atoms with Gasteiger partial charge in [0.25, 0.3) is 0 Å². The second kappa shape index (κ2) is 66.3. The number of rotatable bonds is 59. The molecule has 6 heteroatoms. The quantitative estimate of drug-likeness (QED) is 0.0261. The van der Waals surface area contributed by atoms with E-state index in [1.165, 1.54) is 154 Å². The summed E-state index contributed by atoms with van der Waals surface area (Å²) in [5.74, 6) is -0.961. The Hall–Kier alpha value is -4.19. The van der Waals surface area contributed by atoms with Crippen LogP contribution >= 0.6 is 0 Å². The van der Waals surface area contributed by atoms with Crippen molar-refractivity contribution in [3.05, 3.63) is 122 Å². The Labute approximate surface area is 488 Å². The van der Waals surface area contributed by atoms with Crippen molar-refractivity contribution in [1.82, 2.24) is 0 Å². The summed E-state index contributed by atoms with van der Waals surface area (Å²) in [6.07, 6.45) is 92.5. The summed E-state index contributed by atoms with van der Waals surface area (Å²) in [6.45, 7) is 6.45. The Morgan fingerprint density at radius 1 is 0.266 bits per heavy atom. The van der Waals surface area contributed by atoms with E-state index in [1.54, 1.807) is 0 Å². The van der Waals surface area contributed by atoms with Crippen LogP contribution in [0.15, 0.2) is 122 Å². The lowest BCUT2D eigenvalue weighted by Gasteiger charge is -2.18. The molecule has 0 saturated carbocycles. The smallest absolute Gasteiger partial charge is 0.306 e. The third kappa shape index (κ3) is 64.5. The molecular weight excluding hydrogens is 973 g/mol. The number of hydrogen-bond acceptors (Lipinski definition) is 6. The summed E-state index contributed by atoms with van der Waals surface area (Å²) in [7, 11) is 0. The maximum absolute atomic E-state index is 12.9. The van der Waals surface area contributed by atoms with Gasteiger partial charge in [-0.3, -0.25) is 14.4 Å². The molecule has 0 aliphatic heterocycles. The van der Waals surface area contributed by atoms with Crippen molar-refractivity contribution >= 4 is 17.9 Å². The van der Waals surface area contributed by atoms with Crippen molar-refractivity contribution in [2.24, 2.45) is 0 Å². The molecule has 1 atom stereocenters. The van der Waals surface area contributed by atoms with E-state index < -0.39 is 6.10 Å². The maximum atomic E-state index is 12.9. The first-order valence-corrected chi connectivity index (χ1v) is 33.0. The van der Waals surface area contributed by atoms with Gasteiger partial charge in [0, 0.05) is 19.3 Å². The zero-order chi connectivity index (χ0) is 57.1. The molecule has 0 fully saturated rings. The number of carbonyl (C=O) groups is 3. The molecule has 0 rings (SSSR count). The van der Waals surface area contributed by atoms with E-state index in [-0.39, 0.29) is 37.5 Å². The van der Waals surface area contributed by atoms with E-state index in [9.17, 15) is 14.4 Å². The highest BCUT2D eigenvalue weighted by molar-refractivity contribution is 5.71. The van der Waals surface area contributed by atoms with Crippen molar-refractivity contribution in [2.45, 2.75) is 309 Å². The second-order valence-electron chi connectivity index (χ2n) is 21.6. The fourth-order valence-corrected chi connectivity index (χ4v) is 9.03. The van der Waals surface area contributed by atoms with Crippen molar-refractivity contribution in [2.75, 3.05) is 13.2 Å². The molecule has 0 heterocycles. The Balaban J connectivity index is 4.24. The number of allylic oxidation sites excluding steroid dienone is 20. The molecule has 0 amide bonds. The van der Waals surface area contributed by atoms with E-state index in [4.69, 9.17) is 14.2 Å². The standard InChI is InChI=1S/C73H122O6/c1-4-7-10-13-16-18-20-22-24-26-28-30-32-34-35-36-37-39-40-42-44-46-48-50-52-54-57-60-63-66-72(75)78-69-70(68-77-71(74)65-62-59-56-15-12-9-6-3)79-73(76)67-64-61-58-55-53-51-49-47-45-43-41-38-33-31-29-27-25-23-21-19-17-14-11-8-5-2/h7,10,16,18,22,24,27-30,34-35,37,39,42,44,48,50,54,57,70H,4-6,8-9,11-15,17,19-21,23,25-26,31-33,36,38,40-41,43,45-47,49,51-53,55-56,58-69H2,1-3H3/b10-7-,18-16-,24-22-,29-27-,30-28-,35-34-,39-37-,44-42-,50-48-,57-54-. The SMILES string of the molecule is CC/C=C\C/C=C\C/C=C\C/C=C\C/C=C\C/C=C\C/C=C\C/C=C\C/C=C\CCCC(=O)OCC(COC(=O)CCCCCCCCC)OC(=O)CCCCCCCCCCCCCCC/C=C\CCCCCCCCCC. The number of esters is 3. The molecule has 1 unspecified atom stereocenters. The van der Waals surface area contributed by atoms with Crippen LogP contribution in [0.5, 0.6) is 0 Å². The minimum atomic E-state index is -0.802. The summed E-state index contributed by atoms with van der Waals surface area (Å²) in [4.78, 5) is 38.1. The lowest BCUT2D eigenvalue weighted by Crippen LogP contribution is -2.30. The first-order chi connectivity index (χ1) is 39.0. The molecule has 0 N–H and O–H groups in total. The predicted molar refractivity (Wildman–Crippen MR) is 343 cm³/mol. The number of unbranched alkanes of at least 4 members (excludes halogenated alkanes) is 28. The summed E-state index contributed by atoms with van der Waals surface area (Å²) in [5.41, 5.74) is 0.